The lowest BCUT2D eigenvalue weighted by atomic mass is 10.1. The summed E-state index contributed by atoms with van der Waals surface area (Å²) >= 11 is 0. The minimum atomic E-state index is -0.198. The van der Waals surface area contributed by atoms with Crippen molar-refractivity contribution in [2.45, 2.75) is 12.5 Å². The van der Waals surface area contributed by atoms with Crippen molar-refractivity contribution >= 4 is 0 Å². The smallest absolute Gasteiger partial charge is 0.213 e. The molecule has 4 heteroatoms. The van der Waals surface area contributed by atoms with E-state index in [1.165, 1.54) is 12.0 Å². The summed E-state index contributed by atoms with van der Waals surface area (Å²) in [5.74, 6) is 0.550. The number of benzene rings is 1. The molecule has 0 unspecified atom stereocenters. The zero-order valence-electron chi connectivity index (χ0n) is 7.63. The van der Waals surface area contributed by atoms with Gasteiger partial charge in [-0.15, -0.1) is 0 Å². The molecule has 4 nitrogen and oxygen atoms in total. The highest BCUT2D eigenvalue weighted by Crippen LogP contribution is 2.11. The number of aromatic nitrogens is 2. The summed E-state index contributed by atoms with van der Waals surface area (Å²) in [6, 6.07) is 9.80. The van der Waals surface area contributed by atoms with E-state index >= 15 is 0 Å². The van der Waals surface area contributed by atoms with E-state index in [2.05, 4.69) is 14.7 Å². The molecular formula is C10H11N3O. The van der Waals surface area contributed by atoms with Gasteiger partial charge in [-0.3, -0.25) is 0 Å². The molecule has 0 fully saturated rings. The van der Waals surface area contributed by atoms with Gasteiger partial charge in [0.1, 0.15) is 0 Å². The van der Waals surface area contributed by atoms with E-state index in [1.54, 1.807) is 0 Å². The van der Waals surface area contributed by atoms with Crippen LogP contribution in [-0.2, 0) is 6.42 Å². The third-order valence-corrected chi connectivity index (χ3v) is 2.01. The average Bonchev–Trinajstić information content (AvgIpc) is 2.72. The molecule has 1 heterocycles. The predicted molar refractivity (Wildman–Crippen MR) is 51.4 cm³/mol. The number of nitrogens with zero attached hydrogens (tertiary/aromatic N) is 2. The fraction of sp³-hybridized carbons (Fsp3) is 0.200. The molecule has 2 aromatic rings. The van der Waals surface area contributed by atoms with Crippen LogP contribution >= 0.6 is 0 Å². The van der Waals surface area contributed by atoms with E-state index in [0.29, 0.717) is 5.82 Å². The normalized spacial score (nSPS) is 12.6. The van der Waals surface area contributed by atoms with Gasteiger partial charge in [0, 0.05) is 0 Å². The van der Waals surface area contributed by atoms with Crippen molar-refractivity contribution in [1.29, 1.82) is 0 Å². The lowest BCUT2D eigenvalue weighted by molar-refractivity contribution is 0.404. The van der Waals surface area contributed by atoms with Gasteiger partial charge in [-0.1, -0.05) is 35.5 Å². The Labute approximate surface area is 81.7 Å². The highest BCUT2D eigenvalue weighted by Gasteiger charge is 2.10. The molecule has 14 heavy (non-hydrogen) atoms. The van der Waals surface area contributed by atoms with Gasteiger partial charge in [0.25, 0.3) is 0 Å². The molecule has 0 saturated heterocycles. The standard InChI is InChI=1S/C10H11N3O/c11-9(10-12-7-14-13-10)6-8-4-2-1-3-5-8/h1-5,7,9H,6,11H2/t9-/m1/s1. The second-order valence-electron chi connectivity index (χ2n) is 3.09. The van der Waals surface area contributed by atoms with Gasteiger partial charge in [-0.25, -0.2) is 0 Å². The molecule has 2 rings (SSSR count). The maximum atomic E-state index is 5.89. The summed E-state index contributed by atoms with van der Waals surface area (Å²) in [6.45, 7) is 0. The molecule has 2 N–H and O–H groups in total. The zero-order valence-corrected chi connectivity index (χ0v) is 7.63. The molecule has 1 aromatic carbocycles. The molecule has 0 saturated carbocycles. The molecule has 1 atom stereocenters. The Morgan fingerprint density at radius 1 is 1.29 bits per heavy atom. The van der Waals surface area contributed by atoms with Crippen LogP contribution in [0.2, 0.25) is 0 Å². The van der Waals surface area contributed by atoms with E-state index < -0.39 is 0 Å². The number of hydrogen-bond acceptors (Lipinski definition) is 4. The Morgan fingerprint density at radius 2 is 2.07 bits per heavy atom. The summed E-state index contributed by atoms with van der Waals surface area (Å²) in [4.78, 5) is 3.91. The van der Waals surface area contributed by atoms with E-state index in [9.17, 15) is 0 Å². The molecule has 0 bridgehead atoms. The Morgan fingerprint density at radius 3 is 2.71 bits per heavy atom. The lowest BCUT2D eigenvalue weighted by Gasteiger charge is -2.06. The molecule has 0 spiro atoms. The van der Waals surface area contributed by atoms with Crippen LogP contribution in [-0.4, -0.2) is 10.1 Å². The number of rotatable bonds is 3. The number of hydrogen-bond donors (Lipinski definition) is 1. The minimum Gasteiger partial charge on any atom is -0.343 e. The Bertz CT molecular complexity index is 372. The maximum Gasteiger partial charge on any atom is 0.213 e. The second-order valence-corrected chi connectivity index (χ2v) is 3.09. The molecule has 0 radical (unpaired) electrons. The first-order chi connectivity index (χ1) is 6.86. The molecule has 0 aliphatic rings. The van der Waals surface area contributed by atoms with Gasteiger partial charge in [-0.05, 0) is 12.0 Å². The van der Waals surface area contributed by atoms with Crippen LogP contribution in [0.4, 0.5) is 0 Å². The fourth-order valence-electron chi connectivity index (χ4n) is 1.30. The van der Waals surface area contributed by atoms with Crippen LogP contribution in [0.5, 0.6) is 0 Å². The topological polar surface area (TPSA) is 64.9 Å². The van der Waals surface area contributed by atoms with E-state index in [1.807, 2.05) is 30.3 Å². The zero-order chi connectivity index (χ0) is 9.80. The minimum absolute atomic E-state index is 0.198. The predicted octanol–water partition coefficient (Wildman–Crippen LogP) is 1.31. The molecule has 0 aliphatic heterocycles. The van der Waals surface area contributed by atoms with Crippen LogP contribution in [0.25, 0.3) is 0 Å². The van der Waals surface area contributed by atoms with E-state index in [4.69, 9.17) is 5.73 Å². The van der Waals surface area contributed by atoms with Gasteiger partial charge in [0.15, 0.2) is 5.82 Å². The monoisotopic (exact) mass is 189 g/mol. The van der Waals surface area contributed by atoms with Crippen LogP contribution in [0, 0.1) is 0 Å². The van der Waals surface area contributed by atoms with Crippen LogP contribution in [0.3, 0.4) is 0 Å². The molecule has 0 aliphatic carbocycles. The van der Waals surface area contributed by atoms with Crippen molar-refractivity contribution < 1.29 is 4.52 Å². The highest BCUT2D eigenvalue weighted by atomic mass is 16.5. The molecule has 72 valence electrons. The van der Waals surface area contributed by atoms with Crippen molar-refractivity contribution in [1.82, 2.24) is 10.1 Å². The first kappa shape index (κ1) is 8.90. The summed E-state index contributed by atoms with van der Waals surface area (Å²) < 4.78 is 4.63. The number of nitrogens with two attached hydrogens (primary N) is 1. The molecular weight excluding hydrogens is 178 g/mol. The SMILES string of the molecule is N[C@H](Cc1ccccc1)c1ncon1. The highest BCUT2D eigenvalue weighted by molar-refractivity contribution is 5.16. The van der Waals surface area contributed by atoms with Gasteiger partial charge < -0.3 is 10.3 Å². The van der Waals surface area contributed by atoms with Crippen molar-refractivity contribution in [2.24, 2.45) is 5.73 Å². The Balaban J connectivity index is 2.06. The Kier molecular flexibility index (Phi) is 2.55. The summed E-state index contributed by atoms with van der Waals surface area (Å²) in [6.07, 6.45) is 2.01. The quantitative estimate of drug-likeness (QED) is 0.790. The first-order valence-electron chi connectivity index (χ1n) is 4.42. The van der Waals surface area contributed by atoms with Gasteiger partial charge in [0.05, 0.1) is 6.04 Å². The van der Waals surface area contributed by atoms with Crippen LogP contribution < -0.4 is 5.73 Å². The molecule has 1 aromatic heterocycles. The average molecular weight is 189 g/mol. The third kappa shape index (κ3) is 1.97. The van der Waals surface area contributed by atoms with Gasteiger partial charge in [0.2, 0.25) is 6.39 Å². The van der Waals surface area contributed by atoms with Crippen molar-refractivity contribution in [2.75, 3.05) is 0 Å². The van der Waals surface area contributed by atoms with Crippen molar-refractivity contribution in [3.63, 3.8) is 0 Å². The maximum absolute atomic E-state index is 5.89. The molecule has 0 amide bonds. The Hall–Kier alpha value is -1.68. The van der Waals surface area contributed by atoms with Crippen LogP contribution in [0.1, 0.15) is 17.4 Å². The largest absolute Gasteiger partial charge is 0.343 e. The van der Waals surface area contributed by atoms with Gasteiger partial charge in [-0.2, -0.15) is 4.98 Å². The fourth-order valence-corrected chi connectivity index (χ4v) is 1.30. The third-order valence-electron chi connectivity index (χ3n) is 2.01. The second kappa shape index (κ2) is 4.02. The summed E-state index contributed by atoms with van der Waals surface area (Å²) in [5.41, 5.74) is 7.06. The lowest BCUT2D eigenvalue weighted by Crippen LogP contribution is -2.14. The van der Waals surface area contributed by atoms with Gasteiger partial charge >= 0.3 is 0 Å². The summed E-state index contributed by atoms with van der Waals surface area (Å²) in [7, 11) is 0. The van der Waals surface area contributed by atoms with Crippen molar-refractivity contribution in [3.8, 4) is 0 Å². The van der Waals surface area contributed by atoms with Crippen molar-refractivity contribution in [3.05, 3.63) is 48.1 Å². The van der Waals surface area contributed by atoms with Crippen LogP contribution in [0.15, 0.2) is 41.2 Å². The first-order valence-corrected chi connectivity index (χ1v) is 4.42. The summed E-state index contributed by atoms with van der Waals surface area (Å²) in [5, 5.41) is 3.70. The van der Waals surface area contributed by atoms with E-state index in [-0.39, 0.29) is 6.04 Å². The van der Waals surface area contributed by atoms with E-state index in [0.717, 1.165) is 6.42 Å².